The van der Waals surface area contributed by atoms with Crippen LogP contribution < -0.4 is 0 Å². The number of rotatable bonds is 3. The van der Waals surface area contributed by atoms with E-state index in [0.717, 1.165) is 11.1 Å². The second-order valence-corrected chi connectivity index (χ2v) is 3.72. The van der Waals surface area contributed by atoms with Gasteiger partial charge in [0.1, 0.15) is 6.61 Å². The first-order valence-corrected chi connectivity index (χ1v) is 5.74. The molecular formula is C14H17NO3. The van der Waals surface area contributed by atoms with Crippen molar-refractivity contribution in [3.63, 3.8) is 0 Å². The van der Waals surface area contributed by atoms with Crippen molar-refractivity contribution in [3.8, 4) is 11.8 Å². The monoisotopic (exact) mass is 247 g/mol. The largest absolute Gasteiger partial charge is 0.450 e. The first-order chi connectivity index (χ1) is 8.67. The second-order valence-electron chi connectivity index (χ2n) is 3.72. The first kappa shape index (κ1) is 14.1. The number of aliphatic hydroxyl groups excluding tert-OH is 1. The molecule has 1 N–H and O–H groups in total. The summed E-state index contributed by atoms with van der Waals surface area (Å²) in [6.07, 6.45) is -0.343. The van der Waals surface area contributed by atoms with E-state index in [1.165, 1.54) is 4.90 Å². The summed E-state index contributed by atoms with van der Waals surface area (Å²) in [7, 11) is 1.68. The molecule has 1 aromatic rings. The third-order valence-electron chi connectivity index (χ3n) is 2.24. The van der Waals surface area contributed by atoms with Gasteiger partial charge in [0.25, 0.3) is 0 Å². The molecule has 0 radical (unpaired) electrons. The van der Waals surface area contributed by atoms with Crippen LogP contribution in [0.5, 0.6) is 0 Å². The molecule has 0 saturated heterocycles. The third-order valence-corrected chi connectivity index (χ3v) is 2.24. The van der Waals surface area contributed by atoms with Gasteiger partial charge in [0.15, 0.2) is 0 Å². The highest BCUT2D eigenvalue weighted by Crippen LogP contribution is 2.07. The lowest BCUT2D eigenvalue weighted by molar-refractivity contribution is 0.114. The van der Waals surface area contributed by atoms with E-state index in [1.54, 1.807) is 14.0 Å². The maximum atomic E-state index is 11.4. The number of nitrogens with zero attached hydrogens (tertiary/aromatic N) is 1. The molecule has 0 aliphatic carbocycles. The molecule has 0 atom stereocenters. The quantitative estimate of drug-likeness (QED) is 0.826. The summed E-state index contributed by atoms with van der Waals surface area (Å²) in [6, 6.07) is 7.53. The van der Waals surface area contributed by atoms with Gasteiger partial charge in [-0.3, -0.25) is 0 Å². The van der Waals surface area contributed by atoms with Crippen LogP contribution in [0.4, 0.5) is 4.79 Å². The summed E-state index contributed by atoms with van der Waals surface area (Å²) in [6.45, 7) is 2.45. The van der Waals surface area contributed by atoms with E-state index in [4.69, 9.17) is 9.84 Å². The minimum atomic E-state index is -0.343. The van der Waals surface area contributed by atoms with Gasteiger partial charge in [-0.2, -0.15) is 0 Å². The van der Waals surface area contributed by atoms with E-state index in [0.29, 0.717) is 13.2 Å². The van der Waals surface area contributed by atoms with Gasteiger partial charge in [0, 0.05) is 19.2 Å². The molecule has 0 aliphatic heterocycles. The second kappa shape index (κ2) is 7.36. The van der Waals surface area contributed by atoms with Crippen LogP contribution in [-0.2, 0) is 11.3 Å². The van der Waals surface area contributed by atoms with Crippen LogP contribution in [0.2, 0.25) is 0 Å². The van der Waals surface area contributed by atoms with E-state index < -0.39 is 0 Å². The Morgan fingerprint density at radius 3 is 2.94 bits per heavy atom. The predicted molar refractivity (Wildman–Crippen MR) is 68.9 cm³/mol. The molecule has 0 spiro atoms. The first-order valence-electron chi connectivity index (χ1n) is 5.74. The molecule has 18 heavy (non-hydrogen) atoms. The zero-order chi connectivity index (χ0) is 13.4. The van der Waals surface area contributed by atoms with E-state index in [-0.39, 0.29) is 12.7 Å². The lowest BCUT2D eigenvalue weighted by Gasteiger charge is -2.16. The van der Waals surface area contributed by atoms with E-state index >= 15 is 0 Å². The Balaban J connectivity index is 2.70. The highest BCUT2D eigenvalue weighted by atomic mass is 16.5. The van der Waals surface area contributed by atoms with Crippen LogP contribution in [0, 0.1) is 11.8 Å². The zero-order valence-corrected chi connectivity index (χ0v) is 10.6. The summed E-state index contributed by atoms with van der Waals surface area (Å²) < 4.78 is 4.90. The molecule has 0 aliphatic rings. The molecule has 4 heteroatoms. The summed E-state index contributed by atoms with van der Waals surface area (Å²) in [5.41, 5.74) is 1.79. The maximum Gasteiger partial charge on any atom is 0.409 e. The van der Waals surface area contributed by atoms with Gasteiger partial charge in [-0.25, -0.2) is 4.79 Å². The molecule has 1 rings (SSSR count). The smallest absolute Gasteiger partial charge is 0.409 e. The number of hydrogen-bond donors (Lipinski definition) is 1. The Labute approximate surface area is 107 Å². The fourth-order valence-electron chi connectivity index (χ4n) is 1.46. The molecular weight excluding hydrogens is 230 g/mol. The summed E-state index contributed by atoms with van der Waals surface area (Å²) in [4.78, 5) is 12.9. The Morgan fingerprint density at radius 2 is 2.28 bits per heavy atom. The Kier molecular flexibility index (Phi) is 5.75. The fourth-order valence-corrected chi connectivity index (χ4v) is 1.46. The van der Waals surface area contributed by atoms with Crippen LogP contribution in [0.25, 0.3) is 0 Å². The summed E-state index contributed by atoms with van der Waals surface area (Å²) >= 11 is 0. The lowest BCUT2D eigenvalue weighted by Crippen LogP contribution is -2.26. The van der Waals surface area contributed by atoms with E-state index in [9.17, 15) is 4.79 Å². The van der Waals surface area contributed by atoms with Gasteiger partial charge in [-0.15, -0.1) is 0 Å². The van der Waals surface area contributed by atoms with Gasteiger partial charge in [0.05, 0.1) is 6.61 Å². The van der Waals surface area contributed by atoms with Crippen molar-refractivity contribution in [2.24, 2.45) is 0 Å². The zero-order valence-electron chi connectivity index (χ0n) is 10.6. The maximum absolute atomic E-state index is 11.4. The molecule has 1 aromatic carbocycles. The summed E-state index contributed by atoms with van der Waals surface area (Å²) in [5, 5.41) is 8.63. The molecule has 1 amide bonds. The van der Waals surface area contributed by atoms with E-state index in [2.05, 4.69) is 11.8 Å². The lowest BCUT2D eigenvalue weighted by atomic mass is 10.1. The van der Waals surface area contributed by atoms with Crippen molar-refractivity contribution in [2.45, 2.75) is 13.5 Å². The van der Waals surface area contributed by atoms with Crippen molar-refractivity contribution in [1.82, 2.24) is 4.90 Å². The molecule has 0 bridgehead atoms. The van der Waals surface area contributed by atoms with Gasteiger partial charge in [0.2, 0.25) is 0 Å². The van der Waals surface area contributed by atoms with Crippen LogP contribution in [0.1, 0.15) is 18.1 Å². The molecule has 0 aromatic heterocycles. The highest BCUT2D eigenvalue weighted by Gasteiger charge is 2.09. The highest BCUT2D eigenvalue weighted by molar-refractivity contribution is 5.67. The Bertz CT molecular complexity index is 460. The van der Waals surface area contributed by atoms with Crippen LogP contribution >= 0.6 is 0 Å². The predicted octanol–water partition coefficient (Wildman–Crippen LogP) is 1.62. The van der Waals surface area contributed by atoms with Crippen LogP contribution in [0.15, 0.2) is 24.3 Å². The topological polar surface area (TPSA) is 49.8 Å². The van der Waals surface area contributed by atoms with Crippen molar-refractivity contribution in [3.05, 3.63) is 35.4 Å². The molecule has 96 valence electrons. The summed E-state index contributed by atoms with van der Waals surface area (Å²) in [5.74, 6) is 5.42. The fraction of sp³-hybridized carbons (Fsp3) is 0.357. The number of amides is 1. The van der Waals surface area contributed by atoms with Crippen LogP contribution in [-0.4, -0.2) is 36.4 Å². The molecule has 0 fully saturated rings. The normalized spacial score (nSPS) is 9.28. The number of aliphatic hydroxyl groups is 1. The minimum Gasteiger partial charge on any atom is -0.450 e. The van der Waals surface area contributed by atoms with Gasteiger partial charge < -0.3 is 14.7 Å². The standard InChI is InChI=1S/C14H17NO3/c1-3-18-14(17)15(2)11-13-7-4-6-12(10-13)8-5-9-16/h4,6-7,10,16H,3,9,11H2,1-2H3. The number of carbonyl (C=O) groups excluding carboxylic acids is 1. The molecule has 0 heterocycles. The van der Waals surface area contributed by atoms with Crippen LogP contribution in [0.3, 0.4) is 0 Å². The van der Waals surface area contributed by atoms with Crippen molar-refractivity contribution < 1.29 is 14.6 Å². The Morgan fingerprint density at radius 1 is 1.50 bits per heavy atom. The third kappa shape index (κ3) is 4.48. The van der Waals surface area contributed by atoms with Crippen molar-refractivity contribution in [2.75, 3.05) is 20.3 Å². The number of ether oxygens (including phenoxy) is 1. The van der Waals surface area contributed by atoms with Gasteiger partial charge in [-0.1, -0.05) is 24.0 Å². The number of hydrogen-bond acceptors (Lipinski definition) is 3. The van der Waals surface area contributed by atoms with Gasteiger partial charge >= 0.3 is 6.09 Å². The van der Waals surface area contributed by atoms with Gasteiger partial charge in [-0.05, 0) is 24.6 Å². The van der Waals surface area contributed by atoms with E-state index in [1.807, 2.05) is 24.3 Å². The van der Waals surface area contributed by atoms with Crippen molar-refractivity contribution >= 4 is 6.09 Å². The molecule has 0 saturated carbocycles. The number of carbonyl (C=O) groups is 1. The molecule has 4 nitrogen and oxygen atoms in total. The average Bonchev–Trinajstić information content (AvgIpc) is 2.37. The minimum absolute atomic E-state index is 0.160. The Hall–Kier alpha value is -1.99. The molecule has 0 unspecified atom stereocenters. The average molecular weight is 247 g/mol. The number of benzene rings is 1. The SMILES string of the molecule is CCOC(=O)N(C)Cc1cccc(C#CCO)c1. The van der Waals surface area contributed by atoms with Crippen molar-refractivity contribution in [1.29, 1.82) is 0 Å².